The summed E-state index contributed by atoms with van der Waals surface area (Å²) in [6.45, 7) is 5.26. The third kappa shape index (κ3) is 3.60. The fourth-order valence-corrected chi connectivity index (χ4v) is 3.88. The molecule has 7 heteroatoms. The molecule has 0 aromatic heterocycles. The first kappa shape index (κ1) is 18.5. The minimum atomic E-state index is -0.270. The van der Waals surface area contributed by atoms with Crippen LogP contribution >= 0.6 is 11.6 Å². The summed E-state index contributed by atoms with van der Waals surface area (Å²) in [5, 5.41) is 2.72. The van der Waals surface area contributed by atoms with Gasteiger partial charge in [0.1, 0.15) is 6.61 Å². The predicted octanol–water partition coefficient (Wildman–Crippen LogP) is 3.07. The van der Waals surface area contributed by atoms with Crippen LogP contribution in [-0.4, -0.2) is 36.1 Å². The Hall–Kier alpha value is -2.86. The molecule has 6 nitrogen and oxygen atoms in total. The van der Waals surface area contributed by atoms with Gasteiger partial charge >= 0.3 is 0 Å². The van der Waals surface area contributed by atoms with Crippen molar-refractivity contribution in [1.82, 2.24) is 10.2 Å². The third-order valence-electron chi connectivity index (χ3n) is 4.88. The predicted molar refractivity (Wildman–Crippen MR) is 106 cm³/mol. The first-order valence-corrected chi connectivity index (χ1v) is 9.51. The molecule has 0 fully saturated rings. The van der Waals surface area contributed by atoms with Crippen LogP contribution in [0, 0.1) is 5.92 Å². The second kappa shape index (κ2) is 8.02. The van der Waals surface area contributed by atoms with Crippen LogP contribution in [0.1, 0.15) is 5.56 Å². The molecule has 0 spiro atoms. The van der Waals surface area contributed by atoms with E-state index in [1.807, 2.05) is 47.5 Å². The maximum absolute atomic E-state index is 12.9. The minimum Gasteiger partial charge on any atom is -0.500 e. The van der Waals surface area contributed by atoms with Gasteiger partial charge < -0.3 is 24.4 Å². The van der Waals surface area contributed by atoms with Crippen molar-refractivity contribution < 1.29 is 19.0 Å². The summed E-state index contributed by atoms with van der Waals surface area (Å²) in [5.74, 6) is 1.11. The SMILES string of the molecule is C=COCCN1C=C(C(=O)NCc2ccc3c(c2)OCO3)C2C1=CC=CC2Cl. The van der Waals surface area contributed by atoms with E-state index in [4.69, 9.17) is 25.8 Å². The molecule has 2 aliphatic heterocycles. The molecule has 0 saturated heterocycles. The highest BCUT2D eigenvalue weighted by Crippen LogP contribution is 2.39. The van der Waals surface area contributed by atoms with Crippen LogP contribution in [0.15, 0.2) is 66.7 Å². The summed E-state index contributed by atoms with van der Waals surface area (Å²) in [7, 11) is 0. The van der Waals surface area contributed by atoms with E-state index in [2.05, 4.69) is 11.9 Å². The van der Waals surface area contributed by atoms with Crippen LogP contribution in [0.4, 0.5) is 0 Å². The number of hydrogen-bond donors (Lipinski definition) is 1. The number of carbonyl (C=O) groups excluding carboxylic acids is 1. The average molecular weight is 401 g/mol. The van der Waals surface area contributed by atoms with E-state index in [1.165, 1.54) is 6.26 Å². The molecule has 1 amide bonds. The maximum Gasteiger partial charge on any atom is 0.249 e. The number of benzene rings is 1. The Morgan fingerprint density at radius 1 is 1.39 bits per heavy atom. The van der Waals surface area contributed by atoms with Crippen molar-refractivity contribution in [3.8, 4) is 11.5 Å². The van der Waals surface area contributed by atoms with E-state index < -0.39 is 0 Å². The van der Waals surface area contributed by atoms with Gasteiger partial charge in [0.15, 0.2) is 11.5 Å². The first-order valence-electron chi connectivity index (χ1n) is 9.07. The maximum atomic E-state index is 12.9. The Balaban J connectivity index is 1.45. The van der Waals surface area contributed by atoms with Gasteiger partial charge in [0.2, 0.25) is 12.7 Å². The fourth-order valence-electron chi connectivity index (χ4n) is 3.53. The van der Waals surface area contributed by atoms with Gasteiger partial charge in [-0.25, -0.2) is 0 Å². The van der Waals surface area contributed by atoms with Crippen LogP contribution in [0.3, 0.4) is 0 Å². The van der Waals surface area contributed by atoms with Crippen LogP contribution < -0.4 is 14.8 Å². The molecule has 2 atom stereocenters. The lowest BCUT2D eigenvalue weighted by Gasteiger charge is -2.26. The lowest BCUT2D eigenvalue weighted by Crippen LogP contribution is -2.31. The zero-order valence-electron chi connectivity index (χ0n) is 15.3. The smallest absolute Gasteiger partial charge is 0.249 e. The Labute approximate surface area is 168 Å². The molecule has 0 radical (unpaired) electrons. The normalized spacial score (nSPS) is 21.7. The van der Waals surface area contributed by atoms with E-state index in [0.717, 1.165) is 17.0 Å². The summed E-state index contributed by atoms with van der Waals surface area (Å²) in [4.78, 5) is 14.9. The molecule has 1 aromatic rings. The highest BCUT2D eigenvalue weighted by atomic mass is 35.5. The first-order chi connectivity index (χ1) is 13.7. The molecule has 0 saturated carbocycles. The fraction of sp³-hybridized carbons (Fsp3) is 0.286. The second-order valence-electron chi connectivity index (χ2n) is 6.58. The van der Waals surface area contributed by atoms with Gasteiger partial charge in [-0.2, -0.15) is 0 Å². The van der Waals surface area contributed by atoms with E-state index in [-0.39, 0.29) is 24.0 Å². The Kier molecular flexibility index (Phi) is 5.30. The summed E-state index contributed by atoms with van der Waals surface area (Å²) < 4.78 is 15.9. The zero-order valence-corrected chi connectivity index (χ0v) is 16.0. The molecular formula is C21H21ClN2O4. The van der Waals surface area contributed by atoms with Crippen molar-refractivity contribution in [3.63, 3.8) is 0 Å². The number of alkyl halides is 1. The number of nitrogens with one attached hydrogen (secondary N) is 1. The van der Waals surface area contributed by atoms with Crippen molar-refractivity contribution in [2.24, 2.45) is 5.92 Å². The number of amides is 1. The van der Waals surface area contributed by atoms with Crippen molar-refractivity contribution in [2.45, 2.75) is 11.9 Å². The highest BCUT2D eigenvalue weighted by Gasteiger charge is 2.38. The van der Waals surface area contributed by atoms with Crippen LogP contribution in [0.25, 0.3) is 0 Å². The van der Waals surface area contributed by atoms with E-state index in [9.17, 15) is 4.79 Å². The molecule has 2 unspecified atom stereocenters. The molecule has 1 aromatic carbocycles. The zero-order chi connectivity index (χ0) is 19.5. The van der Waals surface area contributed by atoms with Crippen molar-refractivity contribution in [2.75, 3.05) is 19.9 Å². The van der Waals surface area contributed by atoms with Crippen LogP contribution in [0.5, 0.6) is 11.5 Å². The number of ether oxygens (including phenoxy) is 3. The van der Waals surface area contributed by atoms with Gasteiger partial charge in [0, 0.05) is 24.0 Å². The molecule has 4 rings (SSSR count). The Morgan fingerprint density at radius 3 is 3.11 bits per heavy atom. The van der Waals surface area contributed by atoms with Crippen LogP contribution in [-0.2, 0) is 16.1 Å². The largest absolute Gasteiger partial charge is 0.500 e. The summed E-state index contributed by atoms with van der Waals surface area (Å²) in [6, 6.07) is 5.64. The molecule has 1 aliphatic carbocycles. The van der Waals surface area contributed by atoms with Gasteiger partial charge in [-0.15, -0.1) is 11.6 Å². The van der Waals surface area contributed by atoms with Gasteiger partial charge in [-0.3, -0.25) is 4.79 Å². The quantitative estimate of drug-likeness (QED) is 0.433. The summed E-state index contributed by atoms with van der Waals surface area (Å²) >= 11 is 6.51. The molecular weight excluding hydrogens is 380 g/mol. The van der Waals surface area contributed by atoms with E-state index in [1.54, 1.807) is 0 Å². The number of fused-ring (bicyclic) bond motifs is 2. The van der Waals surface area contributed by atoms with E-state index >= 15 is 0 Å². The van der Waals surface area contributed by atoms with Crippen LogP contribution in [0.2, 0.25) is 0 Å². The van der Waals surface area contributed by atoms with Gasteiger partial charge in [0.25, 0.3) is 0 Å². The van der Waals surface area contributed by atoms with Crippen molar-refractivity contribution in [3.05, 3.63) is 72.3 Å². The summed E-state index contributed by atoms with van der Waals surface area (Å²) in [5.41, 5.74) is 2.59. The highest BCUT2D eigenvalue weighted by molar-refractivity contribution is 6.23. The minimum absolute atomic E-state index is 0.137. The van der Waals surface area contributed by atoms with Crippen molar-refractivity contribution >= 4 is 17.5 Å². The van der Waals surface area contributed by atoms with Crippen molar-refractivity contribution in [1.29, 1.82) is 0 Å². The summed E-state index contributed by atoms with van der Waals surface area (Å²) in [6.07, 6.45) is 9.09. The van der Waals surface area contributed by atoms with Gasteiger partial charge in [-0.1, -0.05) is 24.8 Å². The molecule has 0 bridgehead atoms. The molecule has 146 valence electrons. The lowest BCUT2D eigenvalue weighted by molar-refractivity contribution is -0.118. The Morgan fingerprint density at radius 2 is 2.25 bits per heavy atom. The number of nitrogens with zero attached hydrogens (tertiary/aromatic N) is 1. The standard InChI is InChI=1S/C21H21ClN2O4/c1-2-26-9-8-24-12-15(20-16(22)4-3-5-17(20)24)21(25)23-11-14-6-7-18-19(10-14)28-13-27-18/h2-7,10,12,16,20H,1,8-9,11,13H2,(H,23,25). The number of hydrogen-bond acceptors (Lipinski definition) is 5. The Bertz CT molecular complexity index is 877. The van der Waals surface area contributed by atoms with E-state index in [0.29, 0.717) is 31.0 Å². The molecule has 2 heterocycles. The topological polar surface area (TPSA) is 60.0 Å². The number of rotatable bonds is 7. The average Bonchev–Trinajstić information content (AvgIpc) is 3.31. The lowest BCUT2D eigenvalue weighted by atomic mass is 9.91. The third-order valence-corrected chi connectivity index (χ3v) is 5.28. The second-order valence-corrected chi connectivity index (χ2v) is 7.09. The number of halogens is 1. The molecule has 28 heavy (non-hydrogen) atoms. The van der Waals surface area contributed by atoms with Gasteiger partial charge in [-0.05, 0) is 23.8 Å². The number of allylic oxidation sites excluding steroid dienone is 4. The molecule has 3 aliphatic rings. The molecule has 1 N–H and O–H groups in total. The number of carbonyl (C=O) groups is 1. The van der Waals surface area contributed by atoms with Gasteiger partial charge in [0.05, 0.1) is 24.1 Å². The monoisotopic (exact) mass is 400 g/mol.